The van der Waals surface area contributed by atoms with Gasteiger partial charge in [0.15, 0.2) is 18.9 Å². The third kappa shape index (κ3) is 35.9. The molecule has 0 aliphatic carbocycles. The normalized spacial score (nSPS) is 27.9. The average molecular weight is 1300 g/mol. The lowest BCUT2D eigenvalue weighted by molar-refractivity contribution is -0.379. The van der Waals surface area contributed by atoms with Gasteiger partial charge < -0.3 is 89.9 Å². The highest BCUT2D eigenvalue weighted by Crippen LogP contribution is 2.33. The molecule has 19 heteroatoms. The van der Waals surface area contributed by atoms with Gasteiger partial charge in [-0.15, -0.1) is 0 Å². The predicted molar refractivity (Wildman–Crippen MR) is 356 cm³/mol. The molecule has 3 saturated heterocycles. The molecule has 0 bridgehead atoms. The van der Waals surface area contributed by atoms with Crippen LogP contribution in [0.4, 0.5) is 0 Å². The molecule has 0 radical (unpaired) electrons. The van der Waals surface area contributed by atoms with Gasteiger partial charge in [-0.05, 0) is 32.1 Å². The van der Waals surface area contributed by atoms with Crippen LogP contribution in [0.15, 0.2) is 24.3 Å². The third-order valence-electron chi connectivity index (χ3n) is 18.8. The number of unbranched alkanes of at least 4 members (excludes halogenated alkanes) is 40. The first kappa shape index (κ1) is 83.5. The number of ether oxygens (including phenoxy) is 6. The van der Waals surface area contributed by atoms with E-state index in [-0.39, 0.29) is 18.9 Å². The summed E-state index contributed by atoms with van der Waals surface area (Å²) in [6.45, 7) is 1.73. The molecule has 3 aliphatic heterocycles. The summed E-state index contributed by atoms with van der Waals surface area (Å²) < 4.78 is 34.3. The van der Waals surface area contributed by atoms with E-state index < -0.39 is 124 Å². The molecule has 0 aromatic rings. The molecule has 0 saturated carbocycles. The number of amides is 1. The molecule has 17 unspecified atom stereocenters. The summed E-state index contributed by atoms with van der Waals surface area (Å²) in [4.78, 5) is 13.4. The fraction of sp³-hybridized carbons (Fsp3) is 0.931. The largest absolute Gasteiger partial charge is 0.394 e. The number of carbonyl (C=O) groups excluding carboxylic acids is 1. The number of rotatable bonds is 58. The van der Waals surface area contributed by atoms with Crippen molar-refractivity contribution in [2.24, 2.45) is 0 Å². The van der Waals surface area contributed by atoms with E-state index in [4.69, 9.17) is 28.4 Å². The number of aliphatic hydroxyl groups excluding tert-OH is 11. The Morgan fingerprint density at radius 3 is 1.10 bits per heavy atom. The van der Waals surface area contributed by atoms with Crippen molar-refractivity contribution in [3.8, 4) is 0 Å². The number of hydrogen-bond acceptors (Lipinski definition) is 18. The Kier molecular flexibility index (Phi) is 49.8. The zero-order chi connectivity index (χ0) is 66.1. The summed E-state index contributed by atoms with van der Waals surface area (Å²) in [5.74, 6) is -0.280. The highest BCUT2D eigenvalue weighted by molar-refractivity contribution is 5.76. The standard InChI is InChI=1S/C72H135NO18/c1-3-5-7-9-11-13-15-17-18-19-20-21-22-23-24-25-26-27-28-29-30-31-32-33-34-35-36-38-40-42-44-46-48-50-60(78)73-55(56(77)49-47-45-43-41-39-37-16-14-12-10-8-6-4-2)54-86-70-66(84)63(81)68(58(52-75)88-70)91-72-67(85)64(82)69(59(53-76)89-72)90-71-65(83)62(80)61(79)57(51-74)87-71/h39,41,47,49,55-59,61-72,74-77,79-85H,3-38,40,42-46,48,50-54H2,1-2H3,(H,73,78)/b41-39+,49-47+. The minimum atomic E-state index is -1.98. The monoisotopic (exact) mass is 1300 g/mol. The van der Waals surface area contributed by atoms with E-state index in [1.54, 1.807) is 6.08 Å². The summed E-state index contributed by atoms with van der Waals surface area (Å²) >= 11 is 0. The van der Waals surface area contributed by atoms with Crippen molar-refractivity contribution in [2.75, 3.05) is 26.4 Å². The summed E-state index contributed by atoms with van der Waals surface area (Å²) in [5, 5.41) is 120. The molecule has 17 atom stereocenters. The molecule has 12 N–H and O–H groups in total. The molecule has 0 aromatic carbocycles. The molecular weight excluding hydrogens is 1170 g/mol. The Bertz CT molecular complexity index is 1750. The van der Waals surface area contributed by atoms with Crippen LogP contribution >= 0.6 is 0 Å². The van der Waals surface area contributed by atoms with Gasteiger partial charge in [-0.1, -0.05) is 282 Å². The van der Waals surface area contributed by atoms with Gasteiger partial charge in [-0.25, -0.2) is 0 Å². The van der Waals surface area contributed by atoms with E-state index in [0.717, 1.165) is 38.5 Å². The minimum absolute atomic E-state index is 0.241. The second kappa shape index (κ2) is 54.3. The zero-order valence-electron chi connectivity index (χ0n) is 56.8. The Labute approximate surface area is 549 Å². The van der Waals surface area contributed by atoms with E-state index in [2.05, 4.69) is 31.3 Å². The lowest BCUT2D eigenvalue weighted by Gasteiger charge is -2.48. The minimum Gasteiger partial charge on any atom is -0.394 e. The molecule has 0 spiro atoms. The van der Waals surface area contributed by atoms with Crippen molar-refractivity contribution < 1.29 is 89.4 Å². The van der Waals surface area contributed by atoms with Crippen LogP contribution < -0.4 is 5.32 Å². The fourth-order valence-corrected chi connectivity index (χ4v) is 12.7. The van der Waals surface area contributed by atoms with Gasteiger partial charge >= 0.3 is 0 Å². The van der Waals surface area contributed by atoms with Crippen LogP contribution in [0.2, 0.25) is 0 Å². The second-order valence-corrected chi connectivity index (χ2v) is 26.8. The van der Waals surface area contributed by atoms with Crippen LogP contribution in [-0.4, -0.2) is 193 Å². The van der Waals surface area contributed by atoms with Crippen molar-refractivity contribution in [2.45, 2.75) is 401 Å². The maximum atomic E-state index is 13.4. The second-order valence-electron chi connectivity index (χ2n) is 26.8. The van der Waals surface area contributed by atoms with E-state index in [1.807, 2.05) is 6.08 Å². The van der Waals surface area contributed by atoms with Gasteiger partial charge in [-0.2, -0.15) is 0 Å². The van der Waals surface area contributed by atoms with E-state index in [1.165, 1.54) is 225 Å². The van der Waals surface area contributed by atoms with Crippen LogP contribution in [0.5, 0.6) is 0 Å². The highest BCUT2D eigenvalue weighted by Gasteiger charge is 2.53. The molecular formula is C72H135NO18. The summed E-state index contributed by atoms with van der Waals surface area (Å²) in [5.41, 5.74) is 0. The van der Waals surface area contributed by atoms with Crippen LogP contribution in [0.3, 0.4) is 0 Å². The van der Waals surface area contributed by atoms with Crippen molar-refractivity contribution in [3.63, 3.8) is 0 Å². The van der Waals surface area contributed by atoms with Crippen molar-refractivity contribution >= 4 is 5.91 Å². The summed E-state index contributed by atoms with van der Waals surface area (Å²) in [6, 6.07) is -0.986. The van der Waals surface area contributed by atoms with E-state index in [0.29, 0.717) is 12.8 Å². The lowest BCUT2D eigenvalue weighted by atomic mass is 9.96. The van der Waals surface area contributed by atoms with Crippen LogP contribution in [0.25, 0.3) is 0 Å². The topological polar surface area (TPSA) is 307 Å². The number of aliphatic hydroxyl groups is 11. The quantitative estimate of drug-likeness (QED) is 0.0199. The van der Waals surface area contributed by atoms with E-state index >= 15 is 0 Å². The van der Waals surface area contributed by atoms with Gasteiger partial charge in [0.25, 0.3) is 0 Å². The molecule has 536 valence electrons. The number of carbonyl (C=O) groups is 1. The maximum Gasteiger partial charge on any atom is 0.220 e. The van der Waals surface area contributed by atoms with Gasteiger partial charge in [0.2, 0.25) is 5.91 Å². The molecule has 3 heterocycles. The maximum absolute atomic E-state index is 13.4. The lowest BCUT2D eigenvalue weighted by Crippen LogP contribution is -2.66. The summed E-state index contributed by atoms with van der Waals surface area (Å²) in [7, 11) is 0. The Balaban J connectivity index is 1.34. The van der Waals surface area contributed by atoms with Crippen LogP contribution in [0, 0.1) is 0 Å². The molecule has 3 aliphatic rings. The average Bonchev–Trinajstić information content (AvgIpc) is 0.876. The molecule has 3 rings (SSSR count). The van der Waals surface area contributed by atoms with Crippen molar-refractivity contribution in [1.82, 2.24) is 5.32 Å². The number of hydrogen-bond donors (Lipinski definition) is 12. The highest BCUT2D eigenvalue weighted by atomic mass is 16.8. The summed E-state index contributed by atoms with van der Waals surface area (Å²) in [6.07, 6.45) is 36.3. The third-order valence-corrected chi connectivity index (χ3v) is 18.8. The smallest absolute Gasteiger partial charge is 0.220 e. The van der Waals surface area contributed by atoms with Crippen LogP contribution in [0.1, 0.15) is 296 Å². The van der Waals surface area contributed by atoms with Crippen molar-refractivity contribution in [3.05, 3.63) is 24.3 Å². The first-order chi connectivity index (χ1) is 44.3. The van der Waals surface area contributed by atoms with E-state index in [9.17, 15) is 61.0 Å². The Morgan fingerprint density at radius 1 is 0.385 bits per heavy atom. The predicted octanol–water partition coefficient (Wildman–Crippen LogP) is 10.6. The van der Waals surface area contributed by atoms with Crippen LogP contribution in [-0.2, 0) is 33.2 Å². The molecule has 1 amide bonds. The van der Waals surface area contributed by atoms with Crippen molar-refractivity contribution in [1.29, 1.82) is 0 Å². The van der Waals surface area contributed by atoms with Gasteiger partial charge in [-0.3, -0.25) is 4.79 Å². The Hall–Kier alpha value is -1.73. The van der Waals surface area contributed by atoms with Gasteiger partial charge in [0.1, 0.15) is 73.2 Å². The molecule has 19 nitrogen and oxygen atoms in total. The van der Waals surface area contributed by atoms with Gasteiger partial charge in [0.05, 0.1) is 38.6 Å². The first-order valence-electron chi connectivity index (χ1n) is 37.1. The molecule has 0 aromatic heterocycles. The Morgan fingerprint density at radius 2 is 0.703 bits per heavy atom. The SMILES string of the molecule is CCCCCCCCC/C=C/CC/C=C/C(O)C(COC1OC(CO)C(OC2OC(CO)C(OC3OC(CO)C(O)C(O)C3O)C(O)C2O)C(O)C1O)NC(=O)CCCCCCCCCCCCCCCCCCCCCCCCCCCCCCCCCCC. The molecule has 91 heavy (non-hydrogen) atoms. The fourth-order valence-electron chi connectivity index (χ4n) is 12.7. The molecule has 3 fully saturated rings. The van der Waals surface area contributed by atoms with Gasteiger partial charge in [0, 0.05) is 6.42 Å². The number of nitrogens with one attached hydrogen (secondary N) is 1. The first-order valence-corrected chi connectivity index (χ1v) is 37.1. The zero-order valence-corrected chi connectivity index (χ0v) is 56.8. The number of allylic oxidation sites excluding steroid dienone is 3.